The number of hydrogen-bond donors (Lipinski definition) is 0. The van der Waals surface area contributed by atoms with Gasteiger partial charge in [-0.15, -0.1) is 0 Å². The van der Waals surface area contributed by atoms with Crippen LogP contribution in [0.1, 0.15) is 31.1 Å². The Labute approximate surface area is 158 Å². The van der Waals surface area contributed by atoms with E-state index in [1.165, 1.54) is 0 Å². The van der Waals surface area contributed by atoms with Crippen molar-refractivity contribution in [2.75, 3.05) is 24.6 Å². The molecule has 27 heavy (non-hydrogen) atoms. The highest BCUT2D eigenvalue weighted by molar-refractivity contribution is 6.10. The molecule has 0 aliphatic carbocycles. The minimum absolute atomic E-state index is 0.0776. The molecule has 0 bridgehead atoms. The van der Waals surface area contributed by atoms with Gasteiger partial charge in [-0.1, -0.05) is 18.2 Å². The SMILES string of the molecule is CCOC(=O)c1cc2c3ccccc3n(C)c2nc1N1C[C@@H](C)O[C@H](C)C1. The number of carbonyl (C=O) groups is 1. The lowest BCUT2D eigenvalue weighted by atomic mass is 10.1. The molecule has 0 N–H and O–H groups in total. The van der Waals surface area contributed by atoms with Gasteiger partial charge in [0.2, 0.25) is 0 Å². The maximum Gasteiger partial charge on any atom is 0.341 e. The molecular formula is C21H25N3O3. The van der Waals surface area contributed by atoms with Gasteiger partial charge in [-0.25, -0.2) is 9.78 Å². The Hall–Kier alpha value is -2.60. The van der Waals surface area contributed by atoms with Crippen molar-refractivity contribution >= 4 is 33.7 Å². The zero-order valence-electron chi connectivity index (χ0n) is 16.2. The Morgan fingerprint density at radius 2 is 1.93 bits per heavy atom. The van der Waals surface area contributed by atoms with Crippen LogP contribution in [-0.2, 0) is 16.5 Å². The first kappa shape index (κ1) is 17.8. The van der Waals surface area contributed by atoms with E-state index in [-0.39, 0.29) is 18.2 Å². The molecule has 142 valence electrons. The monoisotopic (exact) mass is 367 g/mol. The van der Waals surface area contributed by atoms with Crippen LogP contribution in [0.5, 0.6) is 0 Å². The topological polar surface area (TPSA) is 56.6 Å². The number of morpholine rings is 1. The summed E-state index contributed by atoms with van der Waals surface area (Å²) in [7, 11) is 2.01. The molecular weight excluding hydrogens is 342 g/mol. The number of rotatable bonds is 3. The van der Waals surface area contributed by atoms with Crippen LogP contribution in [0.2, 0.25) is 0 Å². The summed E-state index contributed by atoms with van der Waals surface area (Å²) in [6, 6.07) is 10.1. The van der Waals surface area contributed by atoms with Crippen LogP contribution in [0.25, 0.3) is 21.9 Å². The van der Waals surface area contributed by atoms with Crippen molar-refractivity contribution < 1.29 is 14.3 Å². The van der Waals surface area contributed by atoms with Gasteiger partial charge in [0.1, 0.15) is 17.0 Å². The molecule has 1 aliphatic heterocycles. The molecule has 2 atom stereocenters. The van der Waals surface area contributed by atoms with Crippen molar-refractivity contribution in [3.63, 3.8) is 0 Å². The summed E-state index contributed by atoms with van der Waals surface area (Å²) in [5, 5.41) is 2.05. The number of aryl methyl sites for hydroxylation is 1. The summed E-state index contributed by atoms with van der Waals surface area (Å²) in [6.45, 7) is 7.63. The van der Waals surface area contributed by atoms with Crippen LogP contribution in [0.15, 0.2) is 30.3 Å². The predicted molar refractivity (Wildman–Crippen MR) is 106 cm³/mol. The average Bonchev–Trinajstić information content (AvgIpc) is 2.92. The normalized spacial score (nSPS) is 20.4. The molecule has 0 radical (unpaired) electrons. The first-order valence-electron chi connectivity index (χ1n) is 9.45. The smallest absolute Gasteiger partial charge is 0.341 e. The number of pyridine rings is 1. The number of ether oxygens (including phenoxy) is 2. The van der Waals surface area contributed by atoms with Gasteiger partial charge in [0.25, 0.3) is 0 Å². The number of nitrogens with zero attached hydrogens (tertiary/aromatic N) is 3. The zero-order valence-corrected chi connectivity index (χ0v) is 16.2. The van der Waals surface area contributed by atoms with Crippen molar-refractivity contribution in [2.45, 2.75) is 33.0 Å². The first-order chi connectivity index (χ1) is 13.0. The minimum Gasteiger partial charge on any atom is -0.462 e. The molecule has 2 aromatic heterocycles. The van der Waals surface area contributed by atoms with E-state index in [1.807, 2.05) is 46.0 Å². The molecule has 0 saturated carbocycles. The van der Waals surface area contributed by atoms with Crippen molar-refractivity contribution in [1.29, 1.82) is 0 Å². The second-order valence-corrected chi connectivity index (χ2v) is 7.19. The second-order valence-electron chi connectivity index (χ2n) is 7.19. The molecule has 1 aliphatic rings. The van der Waals surface area contributed by atoms with Gasteiger partial charge in [0, 0.05) is 30.9 Å². The third-order valence-corrected chi connectivity index (χ3v) is 5.07. The Kier molecular flexibility index (Phi) is 4.52. The number of fused-ring (bicyclic) bond motifs is 3. The second kappa shape index (κ2) is 6.85. The van der Waals surface area contributed by atoms with Gasteiger partial charge in [-0.3, -0.25) is 0 Å². The van der Waals surface area contributed by atoms with E-state index < -0.39 is 0 Å². The van der Waals surface area contributed by atoms with E-state index in [9.17, 15) is 4.79 Å². The number of esters is 1. The molecule has 1 aromatic carbocycles. The van der Waals surface area contributed by atoms with Crippen molar-refractivity contribution in [1.82, 2.24) is 9.55 Å². The number of benzene rings is 1. The van der Waals surface area contributed by atoms with E-state index in [0.29, 0.717) is 31.1 Å². The molecule has 3 heterocycles. The van der Waals surface area contributed by atoms with Crippen molar-refractivity contribution in [3.8, 4) is 0 Å². The van der Waals surface area contributed by atoms with Gasteiger partial charge in [-0.2, -0.15) is 0 Å². The van der Waals surface area contributed by atoms with Crippen molar-refractivity contribution in [2.24, 2.45) is 7.05 Å². The number of aromatic nitrogens is 2. The summed E-state index contributed by atoms with van der Waals surface area (Å²) in [5.41, 5.74) is 2.48. The van der Waals surface area contributed by atoms with Gasteiger partial charge in [0.15, 0.2) is 0 Å². The van der Waals surface area contributed by atoms with E-state index >= 15 is 0 Å². The van der Waals surface area contributed by atoms with E-state index in [0.717, 1.165) is 21.9 Å². The number of para-hydroxylation sites is 1. The van der Waals surface area contributed by atoms with Crippen LogP contribution >= 0.6 is 0 Å². The van der Waals surface area contributed by atoms with Crippen LogP contribution in [0.4, 0.5) is 5.82 Å². The summed E-state index contributed by atoms with van der Waals surface area (Å²) in [5.74, 6) is 0.343. The molecule has 1 saturated heterocycles. The third-order valence-electron chi connectivity index (χ3n) is 5.07. The minimum atomic E-state index is -0.332. The maximum atomic E-state index is 12.7. The predicted octanol–water partition coefficient (Wildman–Crippen LogP) is 3.52. The summed E-state index contributed by atoms with van der Waals surface area (Å²) < 4.78 is 13.3. The van der Waals surface area contributed by atoms with Gasteiger partial charge in [0.05, 0.1) is 24.3 Å². The third kappa shape index (κ3) is 3.04. The lowest BCUT2D eigenvalue weighted by Crippen LogP contribution is -2.46. The fourth-order valence-electron chi connectivity index (χ4n) is 4.01. The molecule has 0 spiro atoms. The molecule has 3 aromatic rings. The van der Waals surface area contributed by atoms with Crippen LogP contribution < -0.4 is 4.90 Å². The summed E-state index contributed by atoms with van der Waals surface area (Å²) >= 11 is 0. The summed E-state index contributed by atoms with van der Waals surface area (Å²) in [6.07, 6.45) is 0.155. The highest BCUT2D eigenvalue weighted by Crippen LogP contribution is 2.32. The number of anilines is 1. The van der Waals surface area contributed by atoms with Crippen molar-refractivity contribution in [3.05, 3.63) is 35.9 Å². The fourth-order valence-corrected chi connectivity index (χ4v) is 4.01. The fraction of sp³-hybridized carbons (Fsp3) is 0.429. The maximum absolute atomic E-state index is 12.7. The number of hydrogen-bond acceptors (Lipinski definition) is 5. The molecule has 1 fully saturated rings. The Balaban J connectivity index is 1.95. The summed E-state index contributed by atoms with van der Waals surface area (Å²) in [4.78, 5) is 19.8. The zero-order chi connectivity index (χ0) is 19.1. The van der Waals surface area contributed by atoms with Crippen LogP contribution in [0, 0.1) is 0 Å². The largest absolute Gasteiger partial charge is 0.462 e. The van der Waals surface area contributed by atoms with E-state index in [1.54, 1.807) is 0 Å². The highest BCUT2D eigenvalue weighted by Gasteiger charge is 2.28. The molecule has 0 unspecified atom stereocenters. The first-order valence-corrected chi connectivity index (χ1v) is 9.45. The van der Waals surface area contributed by atoms with Crippen LogP contribution in [-0.4, -0.2) is 47.4 Å². The molecule has 4 rings (SSSR count). The average molecular weight is 367 g/mol. The standard InChI is InChI=1S/C21H25N3O3/c1-5-26-21(25)17-10-16-15-8-6-7-9-18(15)23(4)19(16)22-20(17)24-11-13(2)27-14(3)12-24/h6-10,13-14H,5,11-12H2,1-4H3/t13-,14-/m1/s1. The molecule has 6 heteroatoms. The van der Waals surface area contributed by atoms with Gasteiger partial charge >= 0.3 is 5.97 Å². The Morgan fingerprint density at radius 3 is 2.63 bits per heavy atom. The number of carbonyl (C=O) groups excluding carboxylic acids is 1. The van der Waals surface area contributed by atoms with Crippen LogP contribution in [0.3, 0.4) is 0 Å². The highest BCUT2D eigenvalue weighted by atomic mass is 16.5. The molecule has 6 nitrogen and oxygen atoms in total. The Morgan fingerprint density at radius 1 is 1.22 bits per heavy atom. The van der Waals surface area contributed by atoms with E-state index in [2.05, 4.69) is 21.6 Å². The lowest BCUT2D eigenvalue weighted by Gasteiger charge is -2.36. The lowest BCUT2D eigenvalue weighted by molar-refractivity contribution is -0.00558. The molecule has 0 amide bonds. The Bertz CT molecular complexity index is 1000. The van der Waals surface area contributed by atoms with Gasteiger partial charge < -0.3 is 18.9 Å². The quantitative estimate of drug-likeness (QED) is 0.663. The van der Waals surface area contributed by atoms with E-state index in [4.69, 9.17) is 14.5 Å². The van der Waals surface area contributed by atoms with Gasteiger partial charge in [-0.05, 0) is 32.9 Å².